The molecule has 0 saturated carbocycles. The third-order valence-corrected chi connectivity index (χ3v) is 5.59. The molecule has 4 heterocycles. The topological polar surface area (TPSA) is 111 Å². The lowest BCUT2D eigenvalue weighted by Gasteiger charge is -2.32. The summed E-state index contributed by atoms with van der Waals surface area (Å²) in [5.41, 5.74) is 2.80. The first-order valence-corrected chi connectivity index (χ1v) is 10.1. The van der Waals surface area contributed by atoms with Crippen molar-refractivity contribution in [1.29, 1.82) is 0 Å². The highest BCUT2D eigenvalue weighted by Crippen LogP contribution is 2.23. The van der Waals surface area contributed by atoms with Crippen LogP contribution in [0.4, 0.5) is 0 Å². The van der Waals surface area contributed by atoms with Gasteiger partial charge in [0, 0.05) is 37.5 Å². The van der Waals surface area contributed by atoms with Gasteiger partial charge in [0.15, 0.2) is 0 Å². The van der Waals surface area contributed by atoms with E-state index >= 15 is 0 Å². The fraction of sp³-hybridized carbons (Fsp3) is 0.316. The van der Waals surface area contributed by atoms with Gasteiger partial charge in [-0.2, -0.15) is 13.7 Å². The van der Waals surface area contributed by atoms with Gasteiger partial charge in [-0.3, -0.25) is 9.78 Å². The minimum Gasteiger partial charge on any atom is -0.339 e. The third-order valence-electron chi connectivity index (χ3n) is 5.03. The molecule has 4 aromatic rings. The molecule has 1 saturated heterocycles. The van der Waals surface area contributed by atoms with Crippen LogP contribution in [0.3, 0.4) is 0 Å². The Morgan fingerprint density at radius 3 is 3.07 bits per heavy atom. The van der Waals surface area contributed by atoms with Crippen LogP contribution in [0.15, 0.2) is 41.3 Å². The maximum atomic E-state index is 13.0. The number of hydrogen-bond donors (Lipinski definition) is 0. The lowest BCUT2D eigenvalue weighted by molar-refractivity contribution is 0.0668. The van der Waals surface area contributed by atoms with Crippen LogP contribution in [0, 0.1) is 5.92 Å². The Labute approximate surface area is 170 Å². The van der Waals surface area contributed by atoms with E-state index < -0.39 is 0 Å². The van der Waals surface area contributed by atoms with Crippen molar-refractivity contribution in [1.82, 2.24) is 33.8 Å². The highest BCUT2D eigenvalue weighted by atomic mass is 32.1. The van der Waals surface area contributed by atoms with Gasteiger partial charge in [0.05, 0.1) is 17.9 Å². The van der Waals surface area contributed by atoms with Crippen LogP contribution in [-0.4, -0.2) is 52.8 Å². The molecule has 1 amide bonds. The van der Waals surface area contributed by atoms with Gasteiger partial charge in [0.1, 0.15) is 16.7 Å². The van der Waals surface area contributed by atoms with Crippen molar-refractivity contribution >= 4 is 28.7 Å². The Hall–Kier alpha value is -3.27. The first kappa shape index (κ1) is 17.8. The maximum absolute atomic E-state index is 13.0. The number of piperidine rings is 1. The molecule has 0 radical (unpaired) electrons. The Balaban J connectivity index is 1.27. The zero-order valence-electron chi connectivity index (χ0n) is 15.4. The van der Waals surface area contributed by atoms with E-state index in [9.17, 15) is 4.79 Å². The summed E-state index contributed by atoms with van der Waals surface area (Å²) in [6.45, 7) is 1.41. The summed E-state index contributed by atoms with van der Waals surface area (Å²) in [4.78, 5) is 27.5. The quantitative estimate of drug-likeness (QED) is 0.508. The van der Waals surface area contributed by atoms with Gasteiger partial charge in [-0.15, -0.1) is 0 Å². The SMILES string of the molecule is O=C(c1ccc2nsnc2c1)N1CCC[C@@H](Cc2nc(-c3cnccn3)no2)C1. The highest BCUT2D eigenvalue weighted by molar-refractivity contribution is 7.00. The molecule has 0 aliphatic carbocycles. The Morgan fingerprint density at radius 2 is 2.17 bits per heavy atom. The molecule has 1 aliphatic rings. The Kier molecular flexibility index (Phi) is 4.68. The average molecular weight is 407 g/mol. The largest absolute Gasteiger partial charge is 0.339 e. The molecule has 10 heteroatoms. The fourth-order valence-electron chi connectivity index (χ4n) is 3.62. The predicted molar refractivity (Wildman–Crippen MR) is 105 cm³/mol. The van der Waals surface area contributed by atoms with E-state index in [2.05, 4.69) is 28.9 Å². The number of amides is 1. The minimum absolute atomic E-state index is 0.0235. The zero-order valence-corrected chi connectivity index (χ0v) is 16.2. The van der Waals surface area contributed by atoms with E-state index in [1.807, 2.05) is 23.1 Å². The smallest absolute Gasteiger partial charge is 0.253 e. The normalized spacial score (nSPS) is 17.0. The van der Waals surface area contributed by atoms with Gasteiger partial charge in [0.2, 0.25) is 11.7 Å². The second-order valence-corrected chi connectivity index (χ2v) is 7.56. The Morgan fingerprint density at radius 1 is 1.24 bits per heavy atom. The molecular formula is C19H17N7O2S. The summed E-state index contributed by atoms with van der Waals surface area (Å²) in [7, 11) is 0. The van der Waals surface area contributed by atoms with Crippen LogP contribution in [0.25, 0.3) is 22.6 Å². The van der Waals surface area contributed by atoms with Crippen LogP contribution in [0.2, 0.25) is 0 Å². The number of carbonyl (C=O) groups is 1. The van der Waals surface area contributed by atoms with Crippen molar-refractivity contribution < 1.29 is 9.32 Å². The van der Waals surface area contributed by atoms with E-state index in [1.165, 1.54) is 0 Å². The second kappa shape index (κ2) is 7.63. The van der Waals surface area contributed by atoms with E-state index in [-0.39, 0.29) is 11.8 Å². The van der Waals surface area contributed by atoms with Crippen molar-refractivity contribution in [2.75, 3.05) is 13.1 Å². The monoisotopic (exact) mass is 407 g/mol. The van der Waals surface area contributed by atoms with Gasteiger partial charge in [0.25, 0.3) is 5.91 Å². The van der Waals surface area contributed by atoms with Gasteiger partial charge in [-0.1, -0.05) is 5.16 Å². The molecule has 1 fully saturated rings. The number of likely N-dealkylation sites (tertiary alicyclic amines) is 1. The molecule has 0 bridgehead atoms. The first-order chi connectivity index (χ1) is 14.3. The van der Waals surface area contributed by atoms with Crippen molar-refractivity contribution in [2.45, 2.75) is 19.3 Å². The summed E-state index contributed by atoms with van der Waals surface area (Å²) in [6.07, 6.45) is 7.38. The summed E-state index contributed by atoms with van der Waals surface area (Å²) in [6, 6.07) is 5.48. The summed E-state index contributed by atoms with van der Waals surface area (Å²) in [5, 5.41) is 4.00. The molecular weight excluding hydrogens is 390 g/mol. The van der Waals surface area contributed by atoms with Crippen molar-refractivity contribution in [3.8, 4) is 11.5 Å². The van der Waals surface area contributed by atoms with Gasteiger partial charge >= 0.3 is 0 Å². The number of aromatic nitrogens is 6. The van der Waals surface area contributed by atoms with E-state index in [1.54, 1.807) is 18.6 Å². The number of benzene rings is 1. The molecule has 1 atom stereocenters. The lowest BCUT2D eigenvalue weighted by atomic mass is 9.94. The van der Waals surface area contributed by atoms with E-state index in [4.69, 9.17) is 4.52 Å². The zero-order chi connectivity index (χ0) is 19.6. The molecule has 146 valence electrons. The van der Waals surface area contributed by atoms with Gasteiger partial charge < -0.3 is 9.42 Å². The molecule has 9 nitrogen and oxygen atoms in total. The second-order valence-electron chi connectivity index (χ2n) is 7.03. The van der Waals surface area contributed by atoms with E-state index in [0.717, 1.165) is 42.1 Å². The van der Waals surface area contributed by atoms with Gasteiger partial charge in [-0.25, -0.2) is 4.98 Å². The molecule has 5 rings (SSSR count). The molecule has 3 aromatic heterocycles. The number of carbonyl (C=O) groups excluding carboxylic acids is 1. The van der Waals surface area contributed by atoms with Crippen LogP contribution in [-0.2, 0) is 6.42 Å². The van der Waals surface area contributed by atoms with Crippen LogP contribution >= 0.6 is 11.7 Å². The van der Waals surface area contributed by atoms with Crippen molar-refractivity contribution in [3.63, 3.8) is 0 Å². The first-order valence-electron chi connectivity index (χ1n) is 9.37. The van der Waals surface area contributed by atoms with Crippen molar-refractivity contribution in [2.24, 2.45) is 5.92 Å². The van der Waals surface area contributed by atoms with Crippen molar-refractivity contribution in [3.05, 3.63) is 48.2 Å². The third kappa shape index (κ3) is 3.70. The van der Waals surface area contributed by atoms with Crippen LogP contribution in [0.5, 0.6) is 0 Å². The molecule has 0 spiro atoms. The summed E-state index contributed by atoms with van der Waals surface area (Å²) < 4.78 is 13.8. The minimum atomic E-state index is 0.0235. The molecule has 0 unspecified atom stereocenters. The lowest BCUT2D eigenvalue weighted by Crippen LogP contribution is -2.40. The summed E-state index contributed by atoms with van der Waals surface area (Å²) in [5.74, 6) is 1.28. The van der Waals surface area contributed by atoms with Gasteiger partial charge in [-0.05, 0) is 37.0 Å². The number of rotatable bonds is 4. The van der Waals surface area contributed by atoms with E-state index in [0.29, 0.717) is 35.9 Å². The number of hydrogen-bond acceptors (Lipinski definition) is 9. The fourth-order valence-corrected chi connectivity index (χ4v) is 4.13. The highest BCUT2D eigenvalue weighted by Gasteiger charge is 2.26. The molecule has 29 heavy (non-hydrogen) atoms. The molecule has 0 N–H and O–H groups in total. The van der Waals surface area contributed by atoms with Crippen LogP contribution in [0.1, 0.15) is 29.1 Å². The standard InChI is InChI=1S/C19H17N7O2S/c27-19(13-3-4-14-15(9-13)25-29-24-14)26-7-1-2-12(11-26)8-17-22-18(23-28-17)16-10-20-5-6-21-16/h3-6,9-10,12H,1-2,7-8,11H2/t12-/m0/s1. The number of fused-ring (bicyclic) bond motifs is 1. The average Bonchev–Trinajstić information content (AvgIpc) is 3.43. The Bertz CT molecular complexity index is 1140. The van der Waals surface area contributed by atoms with Crippen LogP contribution < -0.4 is 0 Å². The molecule has 1 aromatic carbocycles. The molecule has 1 aliphatic heterocycles. The predicted octanol–water partition coefficient (Wildman–Crippen LogP) is 2.63. The number of nitrogens with zero attached hydrogens (tertiary/aromatic N) is 7. The summed E-state index contributed by atoms with van der Waals surface area (Å²) >= 11 is 1.15. The maximum Gasteiger partial charge on any atom is 0.253 e.